The standard InChI is InChI=1S/C14H11NO3S/c16-13(11-4-6-19-8-11)15-5-3-9-7-10(14(17)18)1-2-12(9)15/h1-2,4,6-8H,3,5H2,(H,17,18). The fourth-order valence-electron chi connectivity index (χ4n) is 2.29. The van der Waals surface area contributed by atoms with E-state index < -0.39 is 5.97 Å². The van der Waals surface area contributed by atoms with Gasteiger partial charge in [0.1, 0.15) is 0 Å². The lowest BCUT2D eigenvalue weighted by Crippen LogP contribution is -2.28. The van der Waals surface area contributed by atoms with Gasteiger partial charge in [0.05, 0.1) is 11.1 Å². The molecule has 19 heavy (non-hydrogen) atoms. The van der Waals surface area contributed by atoms with Gasteiger partial charge in [-0.15, -0.1) is 0 Å². The molecule has 4 nitrogen and oxygen atoms in total. The summed E-state index contributed by atoms with van der Waals surface area (Å²) in [6.07, 6.45) is 0.701. The van der Waals surface area contributed by atoms with E-state index in [2.05, 4.69) is 0 Å². The molecule has 0 saturated heterocycles. The number of carboxylic acid groups (broad SMARTS) is 1. The quantitative estimate of drug-likeness (QED) is 0.915. The van der Waals surface area contributed by atoms with Crippen LogP contribution in [0.25, 0.3) is 0 Å². The molecule has 0 unspecified atom stereocenters. The van der Waals surface area contributed by atoms with Gasteiger partial charge < -0.3 is 10.0 Å². The van der Waals surface area contributed by atoms with Crippen molar-refractivity contribution in [1.29, 1.82) is 0 Å². The number of carbonyl (C=O) groups is 2. The first kappa shape index (κ1) is 11.9. The van der Waals surface area contributed by atoms with Crippen LogP contribution in [0.1, 0.15) is 26.3 Å². The Morgan fingerprint density at radius 1 is 1.21 bits per heavy atom. The van der Waals surface area contributed by atoms with Crippen LogP contribution in [0.15, 0.2) is 35.0 Å². The number of amides is 1. The molecule has 1 aliphatic rings. The summed E-state index contributed by atoms with van der Waals surface area (Å²) in [4.78, 5) is 24.9. The first-order chi connectivity index (χ1) is 9.16. The Bertz CT molecular complexity index is 649. The Kier molecular flexibility index (Phi) is 2.83. The highest BCUT2D eigenvalue weighted by Gasteiger charge is 2.26. The summed E-state index contributed by atoms with van der Waals surface area (Å²) in [5, 5.41) is 12.7. The second-order valence-electron chi connectivity index (χ2n) is 4.37. The van der Waals surface area contributed by atoms with Crippen molar-refractivity contribution in [3.05, 3.63) is 51.7 Å². The normalized spacial score (nSPS) is 13.4. The molecule has 1 amide bonds. The molecule has 96 valence electrons. The third-order valence-electron chi connectivity index (χ3n) is 3.24. The van der Waals surface area contributed by atoms with E-state index in [1.54, 1.807) is 29.2 Å². The number of nitrogens with zero attached hydrogens (tertiary/aromatic N) is 1. The van der Waals surface area contributed by atoms with E-state index >= 15 is 0 Å². The smallest absolute Gasteiger partial charge is 0.335 e. The van der Waals surface area contributed by atoms with Crippen molar-refractivity contribution in [3.63, 3.8) is 0 Å². The number of fused-ring (bicyclic) bond motifs is 1. The van der Waals surface area contributed by atoms with Gasteiger partial charge in [-0.05, 0) is 41.6 Å². The van der Waals surface area contributed by atoms with Gasteiger partial charge in [-0.3, -0.25) is 4.79 Å². The first-order valence-corrected chi connectivity index (χ1v) is 6.81. The van der Waals surface area contributed by atoms with Crippen LogP contribution in [0.2, 0.25) is 0 Å². The van der Waals surface area contributed by atoms with E-state index in [0.29, 0.717) is 18.5 Å². The van der Waals surface area contributed by atoms with Crippen molar-refractivity contribution < 1.29 is 14.7 Å². The third-order valence-corrected chi connectivity index (χ3v) is 3.92. The highest BCUT2D eigenvalue weighted by atomic mass is 32.1. The summed E-state index contributed by atoms with van der Waals surface area (Å²) in [7, 11) is 0. The highest BCUT2D eigenvalue weighted by molar-refractivity contribution is 7.08. The molecule has 1 N–H and O–H groups in total. The summed E-state index contributed by atoms with van der Waals surface area (Å²) in [6, 6.07) is 6.71. The fourth-order valence-corrected chi connectivity index (χ4v) is 2.92. The van der Waals surface area contributed by atoms with Crippen molar-refractivity contribution >= 4 is 28.9 Å². The number of rotatable bonds is 2. The van der Waals surface area contributed by atoms with Crippen molar-refractivity contribution in [2.75, 3.05) is 11.4 Å². The van der Waals surface area contributed by atoms with Gasteiger partial charge in [-0.2, -0.15) is 11.3 Å². The first-order valence-electron chi connectivity index (χ1n) is 5.87. The summed E-state index contributed by atoms with van der Waals surface area (Å²) >= 11 is 1.49. The molecule has 3 rings (SSSR count). The van der Waals surface area contributed by atoms with Crippen LogP contribution >= 0.6 is 11.3 Å². The Morgan fingerprint density at radius 2 is 2.05 bits per heavy atom. The van der Waals surface area contributed by atoms with Crippen LogP contribution < -0.4 is 4.90 Å². The summed E-state index contributed by atoms with van der Waals surface area (Å²) in [5.41, 5.74) is 2.69. The van der Waals surface area contributed by atoms with Gasteiger partial charge in [0.25, 0.3) is 5.91 Å². The lowest BCUT2D eigenvalue weighted by atomic mass is 10.1. The van der Waals surface area contributed by atoms with E-state index in [9.17, 15) is 9.59 Å². The Morgan fingerprint density at radius 3 is 2.74 bits per heavy atom. The predicted molar refractivity (Wildman–Crippen MR) is 73.1 cm³/mol. The molecule has 0 saturated carbocycles. The molecule has 0 fully saturated rings. The molecule has 0 atom stereocenters. The second-order valence-corrected chi connectivity index (χ2v) is 5.15. The molecule has 1 aromatic carbocycles. The van der Waals surface area contributed by atoms with Crippen molar-refractivity contribution in [2.24, 2.45) is 0 Å². The minimum atomic E-state index is -0.939. The summed E-state index contributed by atoms with van der Waals surface area (Å²) in [6.45, 7) is 0.604. The van der Waals surface area contributed by atoms with Crippen LogP contribution in [0, 0.1) is 0 Å². The summed E-state index contributed by atoms with van der Waals surface area (Å²) in [5.74, 6) is -0.964. The lowest BCUT2D eigenvalue weighted by Gasteiger charge is -2.16. The summed E-state index contributed by atoms with van der Waals surface area (Å²) < 4.78 is 0. The SMILES string of the molecule is O=C(O)c1ccc2c(c1)CCN2C(=O)c1ccsc1. The number of thiophene rings is 1. The van der Waals surface area contributed by atoms with Crippen LogP contribution in [0.4, 0.5) is 5.69 Å². The second kappa shape index (κ2) is 4.51. The van der Waals surface area contributed by atoms with E-state index in [-0.39, 0.29) is 11.5 Å². The Hall–Kier alpha value is -2.14. The van der Waals surface area contributed by atoms with E-state index in [1.165, 1.54) is 11.3 Å². The zero-order chi connectivity index (χ0) is 13.4. The van der Waals surface area contributed by atoms with Gasteiger partial charge in [-0.25, -0.2) is 4.79 Å². The minimum Gasteiger partial charge on any atom is -0.478 e. The maximum absolute atomic E-state index is 12.3. The zero-order valence-corrected chi connectivity index (χ0v) is 10.8. The van der Waals surface area contributed by atoms with Crippen molar-refractivity contribution in [1.82, 2.24) is 0 Å². The molecule has 0 bridgehead atoms. The molecule has 1 aromatic heterocycles. The van der Waals surface area contributed by atoms with E-state index in [4.69, 9.17) is 5.11 Å². The van der Waals surface area contributed by atoms with E-state index in [0.717, 1.165) is 11.3 Å². The average molecular weight is 273 g/mol. The molecule has 1 aliphatic heterocycles. The Labute approximate surface area is 113 Å². The van der Waals surface area contributed by atoms with Crippen LogP contribution in [0.3, 0.4) is 0 Å². The van der Waals surface area contributed by atoms with Crippen LogP contribution in [0.5, 0.6) is 0 Å². The fraction of sp³-hybridized carbons (Fsp3) is 0.143. The van der Waals surface area contributed by atoms with E-state index in [1.807, 2.05) is 10.8 Å². The monoisotopic (exact) mass is 273 g/mol. The number of anilines is 1. The Balaban J connectivity index is 1.94. The largest absolute Gasteiger partial charge is 0.478 e. The number of carbonyl (C=O) groups excluding carboxylic acids is 1. The van der Waals surface area contributed by atoms with Gasteiger partial charge in [0.15, 0.2) is 0 Å². The molecule has 0 spiro atoms. The molecular formula is C14H11NO3S. The number of hydrogen-bond donors (Lipinski definition) is 1. The topological polar surface area (TPSA) is 57.6 Å². The molecular weight excluding hydrogens is 262 g/mol. The van der Waals surface area contributed by atoms with Crippen molar-refractivity contribution in [2.45, 2.75) is 6.42 Å². The minimum absolute atomic E-state index is 0.0249. The van der Waals surface area contributed by atoms with Gasteiger partial charge in [0, 0.05) is 17.6 Å². The predicted octanol–water partition coefficient (Wildman–Crippen LogP) is 2.65. The number of benzene rings is 1. The maximum atomic E-state index is 12.3. The van der Waals surface area contributed by atoms with Gasteiger partial charge in [0.2, 0.25) is 0 Å². The molecule has 2 aromatic rings. The van der Waals surface area contributed by atoms with Gasteiger partial charge in [-0.1, -0.05) is 0 Å². The van der Waals surface area contributed by atoms with Crippen LogP contribution in [-0.4, -0.2) is 23.5 Å². The average Bonchev–Trinajstić information content (AvgIpc) is 3.06. The molecule has 5 heteroatoms. The highest BCUT2D eigenvalue weighted by Crippen LogP contribution is 2.30. The zero-order valence-electron chi connectivity index (χ0n) is 10.00. The number of carboxylic acids is 1. The van der Waals surface area contributed by atoms with Crippen LogP contribution in [-0.2, 0) is 6.42 Å². The molecule has 0 radical (unpaired) electrons. The molecule has 2 heterocycles. The molecule has 0 aliphatic carbocycles. The number of hydrogen-bond acceptors (Lipinski definition) is 3. The van der Waals surface area contributed by atoms with Crippen molar-refractivity contribution in [3.8, 4) is 0 Å². The number of aromatic carboxylic acids is 1. The maximum Gasteiger partial charge on any atom is 0.335 e. The lowest BCUT2D eigenvalue weighted by molar-refractivity contribution is 0.0696. The third kappa shape index (κ3) is 2.02. The van der Waals surface area contributed by atoms with Gasteiger partial charge >= 0.3 is 5.97 Å².